The fourth-order valence-corrected chi connectivity index (χ4v) is 4.30. The summed E-state index contributed by atoms with van der Waals surface area (Å²) in [7, 11) is 0. The summed E-state index contributed by atoms with van der Waals surface area (Å²) >= 11 is 0. The third-order valence-electron chi connectivity index (χ3n) is 5.73. The molecule has 0 radical (unpaired) electrons. The molecule has 0 aliphatic carbocycles. The van der Waals surface area contributed by atoms with E-state index >= 15 is 0 Å². The van der Waals surface area contributed by atoms with Crippen molar-refractivity contribution < 1.29 is 14.3 Å². The van der Waals surface area contributed by atoms with Gasteiger partial charge in [0.2, 0.25) is 0 Å². The Labute approximate surface area is 195 Å². The summed E-state index contributed by atoms with van der Waals surface area (Å²) in [6.07, 6.45) is -0.123. The number of aromatic nitrogens is 3. The van der Waals surface area contributed by atoms with Gasteiger partial charge in [-0.3, -0.25) is 0 Å². The van der Waals surface area contributed by atoms with Gasteiger partial charge in [-0.1, -0.05) is 54.6 Å². The van der Waals surface area contributed by atoms with E-state index in [4.69, 9.17) is 14.1 Å². The Kier molecular flexibility index (Phi) is 4.66. The number of hydrogen-bond acceptors (Lipinski definition) is 6. The van der Waals surface area contributed by atoms with E-state index in [9.17, 15) is 5.11 Å². The average molecular weight is 447 g/mol. The maximum Gasteiger partial charge on any atom is 0.320 e. The van der Waals surface area contributed by atoms with Crippen LogP contribution in [0, 0.1) is 0 Å². The Bertz CT molecular complexity index is 1690. The Hall–Kier alpha value is -4.45. The molecular formula is C28H21N3O3. The average Bonchev–Trinajstić information content (AvgIpc) is 3.22. The molecule has 4 aromatic carbocycles. The number of phenolic OH excluding ortho intramolecular Hbond substituents is 1. The fourth-order valence-electron chi connectivity index (χ4n) is 4.30. The minimum absolute atomic E-state index is 0.0905. The van der Waals surface area contributed by atoms with Gasteiger partial charge in [0.15, 0.2) is 11.6 Å². The van der Waals surface area contributed by atoms with Crippen LogP contribution in [-0.2, 0) is 0 Å². The lowest BCUT2D eigenvalue weighted by Crippen LogP contribution is -2.10. The van der Waals surface area contributed by atoms with Crippen LogP contribution in [0.1, 0.15) is 13.8 Å². The van der Waals surface area contributed by atoms with Crippen LogP contribution in [0.15, 0.2) is 83.3 Å². The summed E-state index contributed by atoms with van der Waals surface area (Å²) in [6, 6.07) is 25.3. The second-order valence-corrected chi connectivity index (χ2v) is 8.39. The summed E-state index contributed by atoms with van der Waals surface area (Å²) in [5.41, 5.74) is 2.89. The molecule has 2 aromatic heterocycles. The van der Waals surface area contributed by atoms with Gasteiger partial charge in [0.05, 0.1) is 11.7 Å². The van der Waals surface area contributed by atoms with Crippen molar-refractivity contribution in [3.8, 4) is 34.5 Å². The van der Waals surface area contributed by atoms with Crippen molar-refractivity contribution in [2.45, 2.75) is 20.0 Å². The smallest absolute Gasteiger partial charge is 0.320 e. The Balaban J connectivity index is 1.67. The number of ether oxygens (including phenoxy) is 1. The van der Waals surface area contributed by atoms with Gasteiger partial charge in [-0.25, -0.2) is 4.98 Å². The van der Waals surface area contributed by atoms with E-state index in [0.717, 1.165) is 38.3 Å². The maximum atomic E-state index is 10.4. The standard InChI is InChI=1S/C28H21N3O3/c1-16(2)33-28-30-26(19-11-5-7-13-22(19)32)29-27(31-28)21-15-24-25(18-10-4-3-9-17(18)21)20-12-6-8-14-23(20)34-24/h3-16,32H,1-2H3. The first kappa shape index (κ1) is 20.2. The molecule has 0 fully saturated rings. The van der Waals surface area contributed by atoms with Gasteiger partial charge in [-0.05, 0) is 48.9 Å². The molecule has 1 N–H and O–H groups in total. The first-order valence-electron chi connectivity index (χ1n) is 11.1. The zero-order valence-corrected chi connectivity index (χ0v) is 18.7. The van der Waals surface area contributed by atoms with Crippen LogP contribution in [0.4, 0.5) is 0 Å². The van der Waals surface area contributed by atoms with Crippen molar-refractivity contribution in [3.05, 3.63) is 78.9 Å². The van der Waals surface area contributed by atoms with Crippen molar-refractivity contribution >= 4 is 32.7 Å². The van der Waals surface area contributed by atoms with E-state index in [1.165, 1.54) is 0 Å². The van der Waals surface area contributed by atoms with E-state index in [0.29, 0.717) is 17.2 Å². The van der Waals surface area contributed by atoms with E-state index < -0.39 is 0 Å². The van der Waals surface area contributed by atoms with E-state index in [1.807, 2.05) is 56.3 Å². The van der Waals surface area contributed by atoms with Crippen LogP contribution in [0.25, 0.3) is 55.5 Å². The number of hydrogen-bond donors (Lipinski definition) is 1. The maximum absolute atomic E-state index is 10.4. The van der Waals surface area contributed by atoms with Crippen LogP contribution < -0.4 is 4.74 Å². The molecule has 2 heterocycles. The number of aromatic hydroxyl groups is 1. The van der Waals surface area contributed by atoms with Gasteiger partial charge in [0.25, 0.3) is 0 Å². The molecular weight excluding hydrogens is 426 g/mol. The number of fused-ring (bicyclic) bond motifs is 5. The molecule has 0 bridgehead atoms. The van der Waals surface area contributed by atoms with Crippen molar-refractivity contribution in [3.63, 3.8) is 0 Å². The SMILES string of the molecule is CC(C)Oc1nc(-c2ccccc2O)nc(-c2cc3oc4ccccc4c3c3ccccc23)n1. The van der Waals surface area contributed by atoms with E-state index in [-0.39, 0.29) is 17.9 Å². The normalized spacial score (nSPS) is 11.6. The summed E-state index contributed by atoms with van der Waals surface area (Å²) in [6.45, 7) is 3.83. The summed E-state index contributed by atoms with van der Waals surface area (Å²) < 4.78 is 12.1. The van der Waals surface area contributed by atoms with Crippen LogP contribution >= 0.6 is 0 Å². The topological polar surface area (TPSA) is 81.3 Å². The predicted octanol–water partition coefficient (Wildman–Crippen LogP) is 6.75. The fraction of sp³-hybridized carbons (Fsp3) is 0.107. The van der Waals surface area contributed by atoms with Crippen molar-refractivity contribution in [1.29, 1.82) is 0 Å². The number of furan rings is 1. The second kappa shape index (κ2) is 7.85. The van der Waals surface area contributed by atoms with Gasteiger partial charge in [0.1, 0.15) is 16.9 Å². The molecule has 0 aliphatic rings. The Morgan fingerprint density at radius 1 is 0.706 bits per heavy atom. The molecule has 6 rings (SSSR count). The summed E-state index contributed by atoms with van der Waals surface area (Å²) in [4.78, 5) is 13.9. The first-order valence-corrected chi connectivity index (χ1v) is 11.1. The van der Waals surface area contributed by atoms with Gasteiger partial charge in [-0.2, -0.15) is 9.97 Å². The first-order chi connectivity index (χ1) is 16.6. The molecule has 0 saturated heterocycles. The number of para-hydroxylation sites is 2. The zero-order valence-electron chi connectivity index (χ0n) is 18.7. The Morgan fingerprint density at radius 3 is 2.12 bits per heavy atom. The van der Waals surface area contributed by atoms with Crippen LogP contribution in [0.2, 0.25) is 0 Å². The molecule has 0 atom stereocenters. The molecule has 166 valence electrons. The predicted molar refractivity (Wildman–Crippen MR) is 133 cm³/mol. The molecule has 0 aliphatic heterocycles. The largest absolute Gasteiger partial charge is 0.507 e. The van der Waals surface area contributed by atoms with Crippen molar-refractivity contribution in [1.82, 2.24) is 15.0 Å². The lowest BCUT2D eigenvalue weighted by molar-refractivity contribution is 0.222. The molecule has 6 aromatic rings. The highest BCUT2D eigenvalue weighted by Crippen LogP contribution is 2.39. The third-order valence-corrected chi connectivity index (χ3v) is 5.73. The lowest BCUT2D eigenvalue weighted by atomic mass is 9.98. The summed E-state index contributed by atoms with van der Waals surface area (Å²) in [5, 5.41) is 14.6. The number of rotatable bonds is 4. The number of benzene rings is 4. The van der Waals surface area contributed by atoms with Crippen molar-refractivity contribution in [2.24, 2.45) is 0 Å². The van der Waals surface area contributed by atoms with Crippen LogP contribution in [-0.4, -0.2) is 26.2 Å². The number of phenols is 1. The second-order valence-electron chi connectivity index (χ2n) is 8.39. The molecule has 6 nitrogen and oxygen atoms in total. The van der Waals surface area contributed by atoms with Crippen molar-refractivity contribution in [2.75, 3.05) is 0 Å². The minimum Gasteiger partial charge on any atom is -0.507 e. The third kappa shape index (κ3) is 3.31. The highest BCUT2D eigenvalue weighted by Gasteiger charge is 2.19. The molecule has 0 spiro atoms. The molecule has 34 heavy (non-hydrogen) atoms. The van der Waals surface area contributed by atoms with Crippen LogP contribution in [0.5, 0.6) is 11.8 Å². The molecule has 0 amide bonds. The Morgan fingerprint density at radius 2 is 1.35 bits per heavy atom. The van der Waals surface area contributed by atoms with Crippen LogP contribution in [0.3, 0.4) is 0 Å². The highest BCUT2D eigenvalue weighted by atomic mass is 16.5. The molecule has 0 saturated carbocycles. The van der Waals surface area contributed by atoms with Gasteiger partial charge in [-0.15, -0.1) is 0 Å². The highest BCUT2D eigenvalue weighted by molar-refractivity contribution is 6.21. The van der Waals surface area contributed by atoms with Gasteiger partial charge >= 0.3 is 6.01 Å². The lowest BCUT2D eigenvalue weighted by Gasteiger charge is -2.13. The quantitative estimate of drug-likeness (QED) is 0.322. The molecule has 6 heteroatoms. The minimum atomic E-state index is -0.123. The monoisotopic (exact) mass is 447 g/mol. The van der Waals surface area contributed by atoms with E-state index in [1.54, 1.807) is 18.2 Å². The van der Waals surface area contributed by atoms with E-state index in [2.05, 4.69) is 28.2 Å². The van der Waals surface area contributed by atoms with Gasteiger partial charge in [0, 0.05) is 16.3 Å². The zero-order chi connectivity index (χ0) is 23.2. The number of nitrogens with zero attached hydrogens (tertiary/aromatic N) is 3. The van der Waals surface area contributed by atoms with Gasteiger partial charge < -0.3 is 14.3 Å². The summed E-state index contributed by atoms with van der Waals surface area (Å²) in [5.74, 6) is 0.878. The molecule has 0 unspecified atom stereocenters.